The zero-order valence-electron chi connectivity index (χ0n) is 16.9. The highest BCUT2D eigenvalue weighted by molar-refractivity contribution is 6.00. The van der Waals surface area contributed by atoms with Crippen LogP contribution in [0.3, 0.4) is 0 Å². The van der Waals surface area contributed by atoms with Crippen LogP contribution in [-0.4, -0.2) is 44.8 Å². The molecule has 0 aromatic heterocycles. The van der Waals surface area contributed by atoms with Crippen molar-refractivity contribution in [1.82, 2.24) is 0 Å². The highest BCUT2D eigenvalue weighted by atomic mass is 19.3. The molecule has 0 unspecified atom stereocenters. The van der Waals surface area contributed by atoms with Gasteiger partial charge in [0.05, 0.1) is 25.2 Å². The van der Waals surface area contributed by atoms with E-state index in [2.05, 4.69) is 9.47 Å². The second kappa shape index (κ2) is 12.4. The lowest BCUT2D eigenvalue weighted by Gasteiger charge is -2.13. The average molecular weight is 460 g/mol. The molecule has 0 aliphatic carbocycles. The molecule has 174 valence electrons. The van der Waals surface area contributed by atoms with E-state index >= 15 is 0 Å². The number of benzene rings is 2. The summed E-state index contributed by atoms with van der Waals surface area (Å²) in [5, 5.41) is 0. The molecule has 0 saturated carbocycles. The Kier molecular flexibility index (Phi) is 9.58. The van der Waals surface area contributed by atoms with E-state index < -0.39 is 43.1 Å². The molecule has 2 aromatic carbocycles. The predicted molar refractivity (Wildman–Crippen MR) is 103 cm³/mol. The summed E-state index contributed by atoms with van der Waals surface area (Å²) in [6.45, 7) is -4.93. The lowest BCUT2D eigenvalue weighted by Crippen LogP contribution is -2.17. The van der Waals surface area contributed by atoms with Crippen molar-refractivity contribution in [2.45, 2.75) is 26.6 Å². The Morgan fingerprint density at radius 1 is 0.844 bits per heavy atom. The third kappa shape index (κ3) is 8.32. The third-order valence-corrected chi connectivity index (χ3v) is 3.77. The minimum Gasteiger partial charge on any atom is -0.494 e. The largest absolute Gasteiger partial charge is 0.494 e. The molecule has 0 bridgehead atoms. The summed E-state index contributed by atoms with van der Waals surface area (Å²) in [4.78, 5) is 24.0. The number of hydrogen-bond donors (Lipinski definition) is 0. The number of carbonyl (C=O) groups is 2. The van der Waals surface area contributed by atoms with Gasteiger partial charge in [0.15, 0.2) is 6.61 Å². The molecule has 11 heteroatoms. The Labute approximate surface area is 180 Å². The van der Waals surface area contributed by atoms with E-state index in [9.17, 15) is 27.2 Å². The van der Waals surface area contributed by atoms with E-state index in [1.54, 1.807) is 24.3 Å². The van der Waals surface area contributed by atoms with E-state index in [4.69, 9.17) is 14.2 Å². The highest BCUT2D eigenvalue weighted by Crippen LogP contribution is 2.28. The Bertz CT molecular complexity index is 888. The summed E-state index contributed by atoms with van der Waals surface area (Å²) in [7, 11) is 0. The number of ether oxygens (including phenoxy) is 5. The summed E-state index contributed by atoms with van der Waals surface area (Å²) in [6, 6.07) is 9.37. The first-order valence-corrected chi connectivity index (χ1v) is 9.36. The number of halogens is 4. The fraction of sp³-hybridized carbons (Fsp3) is 0.333. The minimum atomic E-state index is -3.31. The summed E-state index contributed by atoms with van der Waals surface area (Å²) in [6.07, 6.45) is -0.179. The van der Waals surface area contributed by atoms with Gasteiger partial charge in [0.2, 0.25) is 5.78 Å². The van der Waals surface area contributed by atoms with Crippen LogP contribution >= 0.6 is 0 Å². The van der Waals surface area contributed by atoms with Crippen molar-refractivity contribution in [1.29, 1.82) is 0 Å². The van der Waals surface area contributed by atoms with Gasteiger partial charge in [0.1, 0.15) is 23.0 Å². The van der Waals surface area contributed by atoms with Gasteiger partial charge in [-0.2, -0.15) is 17.6 Å². The third-order valence-electron chi connectivity index (χ3n) is 3.77. The molecule has 0 fully saturated rings. The van der Waals surface area contributed by atoms with E-state index in [1.165, 1.54) is 0 Å². The van der Waals surface area contributed by atoms with Crippen molar-refractivity contribution in [3.63, 3.8) is 0 Å². The molecule has 0 N–H and O–H groups in total. The maximum Gasteiger partial charge on any atom is 0.387 e. The number of hydrogen-bond acceptors (Lipinski definition) is 7. The Hall–Kier alpha value is -3.50. The molecule has 0 spiro atoms. The van der Waals surface area contributed by atoms with Crippen LogP contribution in [0.15, 0.2) is 42.5 Å². The standard InChI is InChI=1S/C21H20F4O7/c1-2-28-13-3-5-14(6-4-13)29-10-9-19(27)30-12-17(26)16-8-7-15(31-20(22)23)11-18(16)32-21(24)25/h3-8,11,20-21H,2,9-10,12H2,1H3. The lowest BCUT2D eigenvalue weighted by molar-refractivity contribution is -0.143. The van der Waals surface area contributed by atoms with Crippen LogP contribution in [0.4, 0.5) is 17.6 Å². The topological polar surface area (TPSA) is 80.3 Å². The average Bonchev–Trinajstić information content (AvgIpc) is 2.73. The van der Waals surface area contributed by atoms with Crippen LogP contribution in [0, 0.1) is 0 Å². The van der Waals surface area contributed by atoms with Gasteiger partial charge in [-0.05, 0) is 43.3 Å². The first-order chi connectivity index (χ1) is 15.3. The fourth-order valence-corrected chi connectivity index (χ4v) is 2.45. The Balaban J connectivity index is 1.85. The van der Waals surface area contributed by atoms with Gasteiger partial charge in [-0.3, -0.25) is 9.59 Å². The van der Waals surface area contributed by atoms with Gasteiger partial charge in [-0.1, -0.05) is 0 Å². The van der Waals surface area contributed by atoms with Crippen molar-refractivity contribution in [2.75, 3.05) is 19.8 Å². The van der Waals surface area contributed by atoms with Gasteiger partial charge in [0, 0.05) is 6.07 Å². The van der Waals surface area contributed by atoms with Crippen LogP contribution in [0.2, 0.25) is 0 Å². The van der Waals surface area contributed by atoms with Gasteiger partial charge >= 0.3 is 19.2 Å². The summed E-state index contributed by atoms with van der Waals surface area (Å²) < 4.78 is 73.5. The number of carbonyl (C=O) groups excluding carboxylic acids is 2. The van der Waals surface area contributed by atoms with Gasteiger partial charge in [-0.15, -0.1) is 0 Å². The molecule has 0 amide bonds. The van der Waals surface area contributed by atoms with Crippen molar-refractivity contribution in [3.8, 4) is 23.0 Å². The predicted octanol–water partition coefficient (Wildman–Crippen LogP) is 4.48. The highest BCUT2D eigenvalue weighted by Gasteiger charge is 2.19. The molecule has 2 aromatic rings. The second-order valence-electron chi connectivity index (χ2n) is 6.00. The maximum absolute atomic E-state index is 12.6. The number of rotatable bonds is 13. The van der Waals surface area contributed by atoms with E-state index in [-0.39, 0.29) is 18.6 Å². The van der Waals surface area contributed by atoms with E-state index in [0.29, 0.717) is 18.1 Å². The lowest BCUT2D eigenvalue weighted by atomic mass is 10.1. The van der Waals surface area contributed by atoms with Crippen LogP contribution in [-0.2, 0) is 9.53 Å². The van der Waals surface area contributed by atoms with Crippen molar-refractivity contribution in [3.05, 3.63) is 48.0 Å². The molecular weight excluding hydrogens is 440 g/mol. The number of ketones is 1. The molecule has 2 rings (SSSR count). The van der Waals surface area contributed by atoms with Crippen LogP contribution < -0.4 is 18.9 Å². The Morgan fingerprint density at radius 2 is 1.44 bits per heavy atom. The molecule has 0 aliphatic heterocycles. The minimum absolute atomic E-state index is 0.0274. The van der Waals surface area contributed by atoms with Gasteiger partial charge < -0.3 is 23.7 Å². The smallest absolute Gasteiger partial charge is 0.387 e. The summed E-state index contributed by atoms with van der Waals surface area (Å²) >= 11 is 0. The SMILES string of the molecule is CCOc1ccc(OCCC(=O)OCC(=O)c2ccc(OC(F)F)cc2OC(F)F)cc1. The first kappa shape index (κ1) is 24.8. The van der Waals surface area contributed by atoms with Crippen LogP contribution in [0.5, 0.6) is 23.0 Å². The van der Waals surface area contributed by atoms with Gasteiger partial charge in [-0.25, -0.2) is 0 Å². The van der Waals surface area contributed by atoms with Crippen molar-refractivity contribution in [2.24, 2.45) is 0 Å². The molecule has 0 saturated heterocycles. The zero-order valence-corrected chi connectivity index (χ0v) is 16.9. The second-order valence-corrected chi connectivity index (χ2v) is 6.00. The van der Waals surface area contributed by atoms with Crippen molar-refractivity contribution < 1.29 is 50.8 Å². The first-order valence-electron chi connectivity index (χ1n) is 9.36. The number of esters is 1. The maximum atomic E-state index is 12.6. The monoisotopic (exact) mass is 460 g/mol. The van der Waals surface area contributed by atoms with Gasteiger partial charge in [0.25, 0.3) is 0 Å². The normalized spacial score (nSPS) is 10.7. The van der Waals surface area contributed by atoms with Crippen LogP contribution in [0.25, 0.3) is 0 Å². The quantitative estimate of drug-likeness (QED) is 0.248. The molecule has 32 heavy (non-hydrogen) atoms. The molecule has 0 atom stereocenters. The Morgan fingerprint density at radius 3 is 2.03 bits per heavy atom. The van der Waals surface area contributed by atoms with Crippen molar-refractivity contribution >= 4 is 11.8 Å². The molecule has 0 radical (unpaired) electrons. The number of Topliss-reactive ketones (excluding diaryl/α,β-unsaturated/α-hetero) is 1. The summed E-state index contributed by atoms with van der Waals surface area (Å²) in [5.74, 6) is -1.63. The molecule has 7 nitrogen and oxygen atoms in total. The van der Waals surface area contributed by atoms with E-state index in [0.717, 1.165) is 18.2 Å². The molecular formula is C21H20F4O7. The summed E-state index contributed by atoms with van der Waals surface area (Å²) in [5.41, 5.74) is -0.384. The fourth-order valence-electron chi connectivity index (χ4n) is 2.45. The molecule has 0 heterocycles. The molecule has 0 aliphatic rings. The van der Waals surface area contributed by atoms with Crippen LogP contribution in [0.1, 0.15) is 23.7 Å². The van der Waals surface area contributed by atoms with E-state index in [1.807, 2.05) is 6.92 Å². The zero-order chi connectivity index (χ0) is 23.5. The number of alkyl halides is 4.